The topological polar surface area (TPSA) is 119 Å². The van der Waals surface area contributed by atoms with Crippen LogP contribution in [0.25, 0.3) is 0 Å². The number of rotatable bonds is 40. The summed E-state index contributed by atoms with van der Waals surface area (Å²) in [7, 11) is -4.77. The van der Waals surface area contributed by atoms with E-state index in [1.54, 1.807) is 0 Å². The van der Waals surface area contributed by atoms with E-state index in [1.807, 2.05) is 0 Å². The van der Waals surface area contributed by atoms with E-state index < -0.39 is 32.5 Å². The molecule has 0 heterocycles. The molecule has 0 aliphatic rings. The van der Waals surface area contributed by atoms with Crippen LogP contribution in [0.2, 0.25) is 0 Å². The van der Waals surface area contributed by atoms with Crippen molar-refractivity contribution in [2.24, 2.45) is 0 Å². The van der Waals surface area contributed by atoms with Gasteiger partial charge in [0.1, 0.15) is 6.61 Å². The molecule has 0 aromatic rings. The van der Waals surface area contributed by atoms with Crippen LogP contribution in [0.5, 0.6) is 0 Å². The first-order valence-electron chi connectivity index (χ1n) is 22.2. The van der Waals surface area contributed by atoms with Gasteiger partial charge in [-0.25, -0.2) is 4.57 Å². The van der Waals surface area contributed by atoms with Crippen molar-refractivity contribution in [2.45, 2.75) is 200 Å². The fourth-order valence-corrected chi connectivity index (χ4v) is 6.28. The van der Waals surface area contributed by atoms with E-state index >= 15 is 0 Å². The van der Waals surface area contributed by atoms with Crippen LogP contribution in [0.3, 0.4) is 0 Å². The SMILES string of the molecule is CC/C=C\C/C=C\C/C=C\C/C=C\C/C=C\CCCCCC(=O)OC[C@H](COP(=O)(O)O)OC(=O)CCCCCCCCCCC/C=C\CCCCCCCC. The predicted octanol–water partition coefficient (Wildman–Crippen LogP) is 13.9. The van der Waals surface area contributed by atoms with Crippen molar-refractivity contribution in [1.82, 2.24) is 0 Å². The summed E-state index contributed by atoms with van der Waals surface area (Å²) in [6.45, 7) is 3.54. The molecule has 0 saturated heterocycles. The van der Waals surface area contributed by atoms with Crippen LogP contribution < -0.4 is 0 Å². The molecule has 0 unspecified atom stereocenters. The molecule has 56 heavy (non-hydrogen) atoms. The molecule has 9 heteroatoms. The molecule has 0 rings (SSSR count). The maximum atomic E-state index is 12.4. The molecule has 8 nitrogen and oxygen atoms in total. The standard InChI is InChI=1S/C47H81O8P/c1-3-5-7-9-11-13-15-17-19-21-23-25-27-29-31-33-35-37-39-41-46(48)53-43-45(44-54-56(50,51)52)55-47(49)42-40-38-36-34-32-30-28-26-24-22-20-18-16-14-12-10-8-6-4-2/h5,7,11,13,17-20,23,25,29,31,45H,3-4,6,8-10,12,14-16,21-22,24,26-28,30,32-44H2,1-2H3,(H2,50,51,52)/b7-5-,13-11-,19-17-,20-18-,25-23-,31-29-/t45-/m1/s1. The number of hydrogen-bond acceptors (Lipinski definition) is 6. The minimum absolute atomic E-state index is 0.199. The average Bonchev–Trinajstić information content (AvgIpc) is 3.17. The molecule has 322 valence electrons. The molecular weight excluding hydrogens is 723 g/mol. The number of ether oxygens (including phenoxy) is 2. The van der Waals surface area contributed by atoms with Gasteiger partial charge in [-0.2, -0.15) is 0 Å². The second-order valence-electron chi connectivity index (χ2n) is 14.6. The third-order valence-electron chi connectivity index (χ3n) is 9.21. The van der Waals surface area contributed by atoms with Gasteiger partial charge in [-0.3, -0.25) is 14.1 Å². The molecule has 2 N–H and O–H groups in total. The van der Waals surface area contributed by atoms with Crippen LogP contribution in [-0.2, 0) is 28.2 Å². The number of allylic oxidation sites excluding steroid dienone is 12. The summed E-state index contributed by atoms with van der Waals surface area (Å²) >= 11 is 0. The highest BCUT2D eigenvalue weighted by Crippen LogP contribution is 2.36. The van der Waals surface area contributed by atoms with Crippen LogP contribution in [0.4, 0.5) is 0 Å². The van der Waals surface area contributed by atoms with Crippen molar-refractivity contribution in [3.8, 4) is 0 Å². The van der Waals surface area contributed by atoms with Crippen molar-refractivity contribution in [3.05, 3.63) is 72.9 Å². The lowest BCUT2D eigenvalue weighted by Gasteiger charge is -2.18. The number of phosphoric acid groups is 1. The van der Waals surface area contributed by atoms with E-state index in [0.717, 1.165) is 70.6 Å². The van der Waals surface area contributed by atoms with Gasteiger partial charge in [-0.1, -0.05) is 170 Å². The summed E-state index contributed by atoms with van der Waals surface area (Å²) in [6, 6.07) is 0. The first-order valence-corrected chi connectivity index (χ1v) is 23.8. The van der Waals surface area contributed by atoms with E-state index in [2.05, 4.69) is 91.3 Å². The number of hydrogen-bond donors (Lipinski definition) is 2. The van der Waals surface area contributed by atoms with E-state index in [4.69, 9.17) is 19.3 Å². The zero-order valence-corrected chi connectivity index (χ0v) is 36.4. The molecular formula is C47H81O8P. The van der Waals surface area contributed by atoms with Gasteiger partial charge in [0.2, 0.25) is 0 Å². The quantitative estimate of drug-likeness (QED) is 0.0272. The molecule has 1 atom stereocenters. The fourth-order valence-electron chi connectivity index (χ4n) is 5.92. The fraction of sp³-hybridized carbons (Fsp3) is 0.702. The lowest BCUT2D eigenvalue weighted by atomic mass is 10.1. The number of phosphoric ester groups is 1. The van der Waals surface area contributed by atoms with Crippen molar-refractivity contribution in [2.75, 3.05) is 13.2 Å². The molecule has 0 aliphatic carbocycles. The maximum absolute atomic E-state index is 12.4. The van der Waals surface area contributed by atoms with Gasteiger partial charge in [0.15, 0.2) is 6.10 Å². The van der Waals surface area contributed by atoms with Crippen molar-refractivity contribution >= 4 is 19.8 Å². The third kappa shape index (κ3) is 44.2. The first-order chi connectivity index (χ1) is 27.3. The van der Waals surface area contributed by atoms with Gasteiger partial charge >= 0.3 is 19.8 Å². The largest absolute Gasteiger partial charge is 0.469 e. The van der Waals surface area contributed by atoms with Crippen LogP contribution in [0, 0.1) is 0 Å². The Bertz CT molecular complexity index is 1130. The molecule has 0 aromatic heterocycles. The van der Waals surface area contributed by atoms with Gasteiger partial charge in [0.25, 0.3) is 0 Å². The van der Waals surface area contributed by atoms with Crippen LogP contribution in [-0.4, -0.2) is 41.0 Å². The highest BCUT2D eigenvalue weighted by molar-refractivity contribution is 7.46. The van der Waals surface area contributed by atoms with Gasteiger partial charge in [-0.05, 0) is 83.5 Å². The lowest BCUT2D eigenvalue weighted by molar-refractivity contribution is -0.161. The van der Waals surface area contributed by atoms with E-state index in [0.29, 0.717) is 12.8 Å². The number of unbranched alkanes of at least 4 members (excludes halogenated alkanes) is 18. The number of carbonyl (C=O) groups excluding carboxylic acids is 2. The third-order valence-corrected chi connectivity index (χ3v) is 9.69. The normalized spacial score (nSPS) is 13.1. The lowest BCUT2D eigenvalue weighted by Crippen LogP contribution is -2.29. The van der Waals surface area contributed by atoms with Crippen LogP contribution >= 0.6 is 7.82 Å². The summed E-state index contributed by atoms with van der Waals surface area (Å²) in [5.74, 6) is -0.927. The van der Waals surface area contributed by atoms with Gasteiger partial charge in [0, 0.05) is 12.8 Å². The van der Waals surface area contributed by atoms with Gasteiger partial charge < -0.3 is 19.3 Å². The second kappa shape index (κ2) is 42.1. The van der Waals surface area contributed by atoms with Crippen LogP contribution in [0.15, 0.2) is 72.9 Å². The average molecular weight is 805 g/mol. The first kappa shape index (κ1) is 53.5. The van der Waals surface area contributed by atoms with Crippen LogP contribution in [0.1, 0.15) is 194 Å². The zero-order valence-electron chi connectivity index (χ0n) is 35.5. The monoisotopic (exact) mass is 805 g/mol. The van der Waals surface area contributed by atoms with Gasteiger partial charge in [0.05, 0.1) is 6.61 Å². The number of esters is 2. The maximum Gasteiger partial charge on any atom is 0.469 e. The molecule has 0 bridgehead atoms. The summed E-state index contributed by atoms with van der Waals surface area (Å²) in [5, 5.41) is 0. The Hall–Kier alpha value is -2.51. The zero-order chi connectivity index (χ0) is 41.1. The Morgan fingerprint density at radius 2 is 0.857 bits per heavy atom. The minimum atomic E-state index is -4.77. The highest BCUT2D eigenvalue weighted by Gasteiger charge is 2.22. The summed E-state index contributed by atoms with van der Waals surface area (Å²) in [5.41, 5.74) is 0. The van der Waals surface area contributed by atoms with Crippen molar-refractivity contribution < 1.29 is 37.9 Å². The van der Waals surface area contributed by atoms with Crippen molar-refractivity contribution in [3.63, 3.8) is 0 Å². The number of carbonyl (C=O) groups is 2. The summed E-state index contributed by atoms with van der Waals surface area (Å²) in [6.07, 6.45) is 54.8. The van der Waals surface area contributed by atoms with E-state index in [-0.39, 0.29) is 19.4 Å². The Labute approximate surface area is 342 Å². The molecule has 0 aromatic carbocycles. The predicted molar refractivity (Wildman–Crippen MR) is 234 cm³/mol. The van der Waals surface area contributed by atoms with E-state index in [1.165, 1.54) is 83.5 Å². The second-order valence-corrected chi connectivity index (χ2v) is 15.9. The summed E-state index contributed by atoms with van der Waals surface area (Å²) < 4.78 is 26.4. The Balaban J connectivity index is 3.97. The highest BCUT2D eigenvalue weighted by atomic mass is 31.2. The van der Waals surface area contributed by atoms with E-state index in [9.17, 15) is 14.2 Å². The smallest absolute Gasteiger partial charge is 0.462 e. The molecule has 0 radical (unpaired) electrons. The molecule has 0 amide bonds. The summed E-state index contributed by atoms with van der Waals surface area (Å²) in [4.78, 5) is 42.9. The molecule has 0 saturated carbocycles. The minimum Gasteiger partial charge on any atom is -0.462 e. The Morgan fingerprint density at radius 1 is 0.482 bits per heavy atom. The molecule has 0 aliphatic heterocycles. The Morgan fingerprint density at radius 3 is 1.32 bits per heavy atom. The van der Waals surface area contributed by atoms with Gasteiger partial charge in [-0.15, -0.1) is 0 Å². The molecule has 0 fully saturated rings. The van der Waals surface area contributed by atoms with Crippen molar-refractivity contribution in [1.29, 1.82) is 0 Å². The molecule has 0 spiro atoms. The Kier molecular flexibility index (Phi) is 40.2.